The van der Waals surface area contributed by atoms with Crippen LogP contribution in [-0.2, 0) is 4.74 Å². The first-order chi connectivity index (χ1) is 14.3. The summed E-state index contributed by atoms with van der Waals surface area (Å²) in [5, 5.41) is 13.5. The largest absolute Gasteiger partial charge is 0.377 e. The van der Waals surface area contributed by atoms with E-state index in [0.717, 1.165) is 45.4 Å². The molecule has 0 amide bonds. The first-order valence-corrected chi connectivity index (χ1v) is 10.8. The lowest BCUT2D eigenvalue weighted by molar-refractivity contribution is 0.0177. The first-order valence-electron chi connectivity index (χ1n) is 12.3. The van der Waals surface area contributed by atoms with Gasteiger partial charge in [-0.3, -0.25) is 16.0 Å². The maximum absolute atomic E-state index is 7.52. The maximum Gasteiger partial charge on any atom is 0.113 e. The number of fused-ring (bicyclic) bond motifs is 1. The summed E-state index contributed by atoms with van der Waals surface area (Å²) in [7, 11) is 2.20. The van der Waals surface area contributed by atoms with Crippen molar-refractivity contribution in [3.8, 4) is 0 Å². The Morgan fingerprint density at radius 2 is 2.22 bits per heavy atom. The number of hydrogen-bond donors (Lipinski definition) is 4. The zero-order chi connectivity index (χ0) is 21.3. The Morgan fingerprint density at radius 3 is 3.11 bits per heavy atom. The zero-order valence-electron chi connectivity index (χ0n) is 19.8. The Kier molecular flexibility index (Phi) is 5.37. The highest BCUT2D eigenvalue weighted by atomic mass is 16.5. The van der Waals surface area contributed by atoms with Gasteiger partial charge in [-0.15, -0.1) is 0 Å². The minimum Gasteiger partial charge on any atom is -0.377 e. The monoisotopic (exact) mass is 380 g/mol. The minimum absolute atomic E-state index is 0.0904. The maximum atomic E-state index is 7.52. The van der Waals surface area contributed by atoms with E-state index in [-0.39, 0.29) is 18.5 Å². The van der Waals surface area contributed by atoms with Crippen LogP contribution in [0.15, 0.2) is 11.6 Å². The molecule has 3 aliphatic heterocycles. The van der Waals surface area contributed by atoms with Crippen LogP contribution < -0.4 is 21.3 Å². The fraction of sp³-hybridized carbons (Fsp3) is 0.905. The van der Waals surface area contributed by atoms with E-state index < -0.39 is 6.98 Å². The van der Waals surface area contributed by atoms with Crippen LogP contribution >= 0.6 is 0 Å². The van der Waals surface area contributed by atoms with Crippen LogP contribution in [0.1, 0.15) is 49.6 Å². The molecule has 7 atom stereocenters. The van der Waals surface area contributed by atoms with Gasteiger partial charge in [0.05, 0.1) is 12.3 Å². The summed E-state index contributed by atoms with van der Waals surface area (Å²) in [4.78, 5) is 2.40. The molecule has 0 radical (unpaired) electrons. The third kappa shape index (κ3) is 4.74. The number of likely N-dealkylation sites (N-methyl/N-ethyl adjacent to an activating group) is 1. The Morgan fingerprint density at radius 1 is 1.30 bits per heavy atom. The molecule has 0 aromatic carbocycles. The van der Waals surface area contributed by atoms with Crippen molar-refractivity contribution in [1.82, 2.24) is 26.2 Å². The topological polar surface area (TPSA) is 60.6 Å². The van der Waals surface area contributed by atoms with Gasteiger partial charge in [0.1, 0.15) is 6.29 Å². The van der Waals surface area contributed by atoms with Gasteiger partial charge in [-0.2, -0.15) is 0 Å². The van der Waals surface area contributed by atoms with Gasteiger partial charge in [-0.25, -0.2) is 0 Å². The number of hydrogen-bond acceptors (Lipinski definition) is 6. The van der Waals surface area contributed by atoms with E-state index in [1.807, 2.05) is 0 Å². The van der Waals surface area contributed by atoms with Crippen LogP contribution in [-0.4, -0.2) is 69.3 Å². The second kappa shape index (κ2) is 8.89. The van der Waals surface area contributed by atoms with Gasteiger partial charge in [-0.05, 0) is 71.9 Å². The molecule has 1 aliphatic carbocycles. The van der Waals surface area contributed by atoms with Crippen molar-refractivity contribution < 1.29 is 8.85 Å². The SMILES string of the molecule is [2H]C([2H])([2H])NC1CC(C)NC(NC2CC3CCOC3C(C3=CCN(C)CCC3)C2)N1. The molecule has 3 fully saturated rings. The molecule has 1 saturated carbocycles. The van der Waals surface area contributed by atoms with Crippen molar-refractivity contribution >= 4 is 0 Å². The zero-order valence-corrected chi connectivity index (χ0v) is 16.8. The molecule has 0 aromatic rings. The summed E-state index contributed by atoms with van der Waals surface area (Å²) in [6.45, 7) is 3.05. The molecule has 6 nitrogen and oxygen atoms in total. The molecule has 7 unspecified atom stereocenters. The first kappa shape index (κ1) is 16.3. The molecule has 154 valence electrons. The Hall–Kier alpha value is -0.500. The Balaban J connectivity index is 1.41. The average molecular weight is 381 g/mol. The van der Waals surface area contributed by atoms with E-state index in [9.17, 15) is 0 Å². The fourth-order valence-corrected chi connectivity index (χ4v) is 5.57. The summed E-state index contributed by atoms with van der Waals surface area (Å²) in [5.74, 6) is 1.10. The molecule has 3 heterocycles. The van der Waals surface area contributed by atoms with Gasteiger partial charge in [0.2, 0.25) is 0 Å². The molecule has 4 N–H and O–H groups in total. The number of nitrogens with one attached hydrogen (secondary N) is 4. The van der Waals surface area contributed by atoms with Crippen LogP contribution in [0.2, 0.25) is 0 Å². The quantitative estimate of drug-likeness (QED) is 0.550. The van der Waals surface area contributed by atoms with Crippen molar-refractivity contribution in [1.29, 1.82) is 0 Å². The van der Waals surface area contributed by atoms with E-state index in [1.165, 1.54) is 12.8 Å². The molecule has 0 aromatic heterocycles. The summed E-state index contributed by atoms with van der Waals surface area (Å²) < 4.78 is 28.8. The standard InChI is InChI=1S/C21H39N5O/c1-14-11-19(22-2)25-21(23-14)24-17-12-16-7-10-27-20(16)18(13-17)15-5-4-8-26(3)9-6-15/h6,14,16-25H,4-5,7-13H2,1-3H3/i2D3. The lowest BCUT2D eigenvalue weighted by Crippen LogP contribution is -2.68. The molecule has 6 heteroatoms. The van der Waals surface area contributed by atoms with Crippen LogP contribution in [0.3, 0.4) is 0 Å². The van der Waals surface area contributed by atoms with E-state index in [0.29, 0.717) is 24.0 Å². The normalized spacial score (nSPS) is 45.9. The minimum atomic E-state index is -2.14. The molecule has 27 heavy (non-hydrogen) atoms. The fourth-order valence-electron chi connectivity index (χ4n) is 5.57. The van der Waals surface area contributed by atoms with Crippen LogP contribution in [0, 0.1) is 11.8 Å². The van der Waals surface area contributed by atoms with E-state index in [2.05, 4.69) is 46.2 Å². The predicted molar refractivity (Wildman–Crippen MR) is 109 cm³/mol. The van der Waals surface area contributed by atoms with Crippen molar-refractivity contribution in [3.05, 3.63) is 11.6 Å². The predicted octanol–water partition coefficient (Wildman–Crippen LogP) is 1.21. The van der Waals surface area contributed by atoms with Gasteiger partial charge in [0.25, 0.3) is 0 Å². The summed E-state index contributed by atoms with van der Waals surface area (Å²) in [6, 6.07) is 0.634. The number of nitrogens with zero attached hydrogens (tertiary/aromatic N) is 1. The summed E-state index contributed by atoms with van der Waals surface area (Å²) in [6.07, 6.45) is 9.00. The van der Waals surface area contributed by atoms with Crippen molar-refractivity contribution in [2.24, 2.45) is 11.8 Å². The third-order valence-corrected chi connectivity index (χ3v) is 6.92. The summed E-state index contributed by atoms with van der Waals surface area (Å²) >= 11 is 0. The lowest BCUT2D eigenvalue weighted by Gasteiger charge is -2.43. The average Bonchev–Trinajstić information content (AvgIpc) is 3.00. The van der Waals surface area contributed by atoms with Gasteiger partial charge < -0.3 is 15.0 Å². The van der Waals surface area contributed by atoms with Gasteiger partial charge in [-0.1, -0.05) is 11.6 Å². The molecule has 0 bridgehead atoms. The second-order valence-electron chi connectivity index (χ2n) is 9.07. The van der Waals surface area contributed by atoms with Crippen LogP contribution in [0.25, 0.3) is 0 Å². The van der Waals surface area contributed by atoms with Gasteiger partial charge in [0, 0.05) is 35.3 Å². The number of ether oxygens (including phenoxy) is 1. The molecular weight excluding hydrogens is 338 g/mol. The Bertz CT molecular complexity index is 616. The highest BCUT2D eigenvalue weighted by Gasteiger charge is 2.43. The molecule has 4 rings (SSSR count). The van der Waals surface area contributed by atoms with Crippen molar-refractivity contribution in [2.75, 3.05) is 33.7 Å². The lowest BCUT2D eigenvalue weighted by atomic mass is 9.72. The second-order valence-corrected chi connectivity index (χ2v) is 9.07. The van der Waals surface area contributed by atoms with Crippen molar-refractivity contribution in [3.63, 3.8) is 0 Å². The molecule has 4 aliphatic rings. The van der Waals surface area contributed by atoms with Crippen LogP contribution in [0.4, 0.5) is 0 Å². The smallest absolute Gasteiger partial charge is 0.113 e. The summed E-state index contributed by atoms with van der Waals surface area (Å²) in [5.41, 5.74) is 1.59. The van der Waals surface area contributed by atoms with E-state index >= 15 is 0 Å². The highest BCUT2D eigenvalue weighted by molar-refractivity contribution is 5.15. The van der Waals surface area contributed by atoms with E-state index in [4.69, 9.17) is 8.85 Å². The van der Waals surface area contributed by atoms with Gasteiger partial charge in [0.15, 0.2) is 0 Å². The van der Waals surface area contributed by atoms with E-state index in [1.54, 1.807) is 5.57 Å². The molecule has 0 spiro atoms. The Labute approximate surface area is 169 Å². The highest BCUT2D eigenvalue weighted by Crippen LogP contribution is 2.42. The third-order valence-electron chi connectivity index (χ3n) is 6.92. The van der Waals surface area contributed by atoms with Crippen LogP contribution in [0.5, 0.6) is 0 Å². The van der Waals surface area contributed by atoms with Gasteiger partial charge >= 0.3 is 0 Å². The molecule has 2 saturated heterocycles. The molecular formula is C21H39N5O. The van der Waals surface area contributed by atoms with Crippen molar-refractivity contribution in [2.45, 2.75) is 76.1 Å². The number of rotatable bonds is 4.